The van der Waals surface area contributed by atoms with Gasteiger partial charge in [-0.25, -0.2) is 4.79 Å². The van der Waals surface area contributed by atoms with Gasteiger partial charge in [0.2, 0.25) is 5.91 Å². The zero-order valence-electron chi connectivity index (χ0n) is 19.4. The summed E-state index contributed by atoms with van der Waals surface area (Å²) in [5.74, 6) is -0.867. The first kappa shape index (κ1) is 23.1. The molecule has 1 aliphatic carbocycles. The highest BCUT2D eigenvalue weighted by molar-refractivity contribution is 6.30. The van der Waals surface area contributed by atoms with E-state index < -0.39 is 29.4 Å². The van der Waals surface area contributed by atoms with Gasteiger partial charge in [0.15, 0.2) is 0 Å². The minimum atomic E-state index is -1.20. The Bertz CT molecular complexity index is 1290. The van der Waals surface area contributed by atoms with Crippen LogP contribution < -0.4 is 10.6 Å². The minimum Gasteiger partial charge on any atom is -0.344 e. The van der Waals surface area contributed by atoms with Gasteiger partial charge in [-0.2, -0.15) is 0 Å². The Kier molecular flexibility index (Phi) is 6.07. The van der Waals surface area contributed by atoms with Crippen molar-refractivity contribution in [2.24, 2.45) is 0 Å². The number of imide groups is 1. The molecule has 35 heavy (non-hydrogen) atoms. The van der Waals surface area contributed by atoms with Gasteiger partial charge in [0, 0.05) is 5.02 Å². The van der Waals surface area contributed by atoms with Crippen LogP contribution in [0.5, 0.6) is 0 Å². The van der Waals surface area contributed by atoms with Gasteiger partial charge in [0.25, 0.3) is 5.91 Å². The lowest BCUT2D eigenvalue weighted by atomic mass is 9.89. The highest BCUT2D eigenvalue weighted by Crippen LogP contribution is 2.32. The van der Waals surface area contributed by atoms with Crippen LogP contribution in [0.3, 0.4) is 0 Å². The van der Waals surface area contributed by atoms with Crippen LogP contribution in [0.15, 0.2) is 72.8 Å². The lowest BCUT2D eigenvalue weighted by Crippen LogP contribution is -2.44. The number of halogens is 1. The second-order valence-electron chi connectivity index (χ2n) is 9.25. The van der Waals surface area contributed by atoms with Crippen molar-refractivity contribution < 1.29 is 14.4 Å². The molecule has 3 aromatic carbocycles. The molecule has 1 saturated heterocycles. The molecular formula is C28H26ClN3O3. The topological polar surface area (TPSA) is 78.5 Å². The Morgan fingerprint density at radius 1 is 1.00 bits per heavy atom. The number of aryl methyl sites for hydroxylation is 2. The Hall–Kier alpha value is -3.64. The molecule has 2 N–H and O–H groups in total. The number of nitrogens with one attached hydrogen (secondary N) is 2. The summed E-state index contributed by atoms with van der Waals surface area (Å²) in [6, 6.07) is 21.7. The van der Waals surface area contributed by atoms with Crippen molar-refractivity contribution in [1.82, 2.24) is 15.5 Å². The maximum Gasteiger partial charge on any atom is 0.325 e. The van der Waals surface area contributed by atoms with E-state index in [0.717, 1.165) is 40.9 Å². The quantitative estimate of drug-likeness (QED) is 0.502. The molecule has 1 heterocycles. The highest BCUT2D eigenvalue weighted by Gasteiger charge is 2.49. The number of fused-ring (bicyclic) bond motifs is 1. The standard InChI is InChI=1S/C28H26ClN3O3/c1-28(22-13-10-18-8-5-9-21(18)16-22)26(34)32(27(35)31-28)17-24(33)30-25(19-6-3-2-4-7-19)20-11-14-23(29)15-12-20/h2-4,6-7,10-16,25H,5,8-9,17H2,1H3,(H,30,33)(H,31,35)/t25-,28+/m0/s1. The summed E-state index contributed by atoms with van der Waals surface area (Å²) < 4.78 is 0. The number of hydrogen-bond donors (Lipinski definition) is 2. The van der Waals surface area contributed by atoms with E-state index in [1.54, 1.807) is 19.1 Å². The SMILES string of the molecule is C[C@]1(c2ccc3c(c2)CCC3)NC(=O)N(CC(=O)N[C@@H](c2ccccc2)c2ccc(Cl)cc2)C1=O. The number of urea groups is 1. The van der Waals surface area contributed by atoms with Crippen LogP contribution in [0.2, 0.25) is 5.02 Å². The summed E-state index contributed by atoms with van der Waals surface area (Å²) in [5, 5.41) is 6.39. The van der Waals surface area contributed by atoms with Gasteiger partial charge in [-0.1, -0.05) is 72.3 Å². The molecule has 6 nitrogen and oxygen atoms in total. The third-order valence-corrected chi connectivity index (χ3v) is 7.15. The third kappa shape index (κ3) is 4.42. The zero-order chi connectivity index (χ0) is 24.6. The smallest absolute Gasteiger partial charge is 0.325 e. The van der Waals surface area contributed by atoms with Crippen molar-refractivity contribution >= 4 is 29.4 Å². The van der Waals surface area contributed by atoms with Crippen LogP contribution in [-0.2, 0) is 28.0 Å². The Morgan fingerprint density at radius 2 is 1.69 bits per heavy atom. The molecule has 0 radical (unpaired) electrons. The number of amides is 4. The maximum atomic E-state index is 13.4. The van der Waals surface area contributed by atoms with Crippen LogP contribution in [-0.4, -0.2) is 29.3 Å². The molecule has 7 heteroatoms. The number of carbonyl (C=O) groups excluding carboxylic acids is 3. The van der Waals surface area contributed by atoms with Crippen molar-refractivity contribution in [3.8, 4) is 0 Å². The predicted molar refractivity (Wildman–Crippen MR) is 134 cm³/mol. The molecule has 0 saturated carbocycles. The van der Waals surface area contributed by atoms with Gasteiger partial charge >= 0.3 is 6.03 Å². The average molecular weight is 488 g/mol. The van der Waals surface area contributed by atoms with Crippen molar-refractivity contribution in [2.45, 2.75) is 37.8 Å². The summed E-state index contributed by atoms with van der Waals surface area (Å²) >= 11 is 6.05. The van der Waals surface area contributed by atoms with Gasteiger partial charge in [-0.3, -0.25) is 14.5 Å². The summed E-state index contributed by atoms with van der Waals surface area (Å²) in [6.07, 6.45) is 3.10. The van der Waals surface area contributed by atoms with E-state index in [0.29, 0.717) is 5.02 Å². The van der Waals surface area contributed by atoms with E-state index in [9.17, 15) is 14.4 Å². The fourth-order valence-corrected chi connectivity index (χ4v) is 5.06. The largest absolute Gasteiger partial charge is 0.344 e. The van der Waals surface area contributed by atoms with Gasteiger partial charge in [0.05, 0.1) is 6.04 Å². The molecule has 4 amide bonds. The van der Waals surface area contributed by atoms with E-state index in [1.165, 1.54) is 11.1 Å². The van der Waals surface area contributed by atoms with E-state index in [1.807, 2.05) is 60.7 Å². The number of carbonyl (C=O) groups is 3. The second-order valence-corrected chi connectivity index (χ2v) is 9.68. The summed E-state index contributed by atoms with van der Waals surface area (Å²) in [4.78, 5) is 40.3. The lowest BCUT2D eigenvalue weighted by molar-refractivity contribution is -0.135. The Balaban J connectivity index is 1.35. The molecule has 0 spiro atoms. The molecule has 178 valence electrons. The molecule has 1 aliphatic heterocycles. The highest BCUT2D eigenvalue weighted by atomic mass is 35.5. The fourth-order valence-electron chi connectivity index (χ4n) is 4.93. The fraction of sp³-hybridized carbons (Fsp3) is 0.250. The number of rotatable bonds is 6. The average Bonchev–Trinajstić information content (AvgIpc) is 3.42. The van der Waals surface area contributed by atoms with Gasteiger partial charge in [0.1, 0.15) is 12.1 Å². The van der Waals surface area contributed by atoms with Crippen LogP contribution >= 0.6 is 11.6 Å². The minimum absolute atomic E-state index is 0.373. The normalized spacial score (nSPS) is 19.9. The van der Waals surface area contributed by atoms with Gasteiger partial charge in [-0.15, -0.1) is 0 Å². The Morgan fingerprint density at radius 3 is 2.43 bits per heavy atom. The molecule has 1 fully saturated rings. The molecule has 0 unspecified atom stereocenters. The van der Waals surface area contributed by atoms with Crippen LogP contribution in [0, 0.1) is 0 Å². The first-order valence-corrected chi connectivity index (χ1v) is 12.1. The molecule has 0 aromatic heterocycles. The van der Waals surface area contributed by atoms with E-state index in [4.69, 9.17) is 11.6 Å². The zero-order valence-corrected chi connectivity index (χ0v) is 20.1. The number of benzene rings is 3. The lowest BCUT2D eigenvalue weighted by Gasteiger charge is -2.24. The number of hydrogen-bond acceptors (Lipinski definition) is 3. The third-order valence-electron chi connectivity index (χ3n) is 6.89. The Labute approximate surface area is 209 Å². The molecule has 3 aromatic rings. The van der Waals surface area contributed by atoms with E-state index >= 15 is 0 Å². The van der Waals surface area contributed by atoms with Gasteiger partial charge < -0.3 is 10.6 Å². The molecule has 2 atom stereocenters. The monoisotopic (exact) mass is 487 g/mol. The van der Waals surface area contributed by atoms with Crippen molar-refractivity contribution in [3.05, 3.63) is 106 Å². The van der Waals surface area contributed by atoms with Crippen molar-refractivity contribution in [2.75, 3.05) is 6.54 Å². The molecule has 2 aliphatic rings. The molecular weight excluding hydrogens is 462 g/mol. The molecule has 0 bridgehead atoms. The molecule has 5 rings (SSSR count). The van der Waals surface area contributed by atoms with Crippen LogP contribution in [0.1, 0.15) is 47.2 Å². The summed E-state index contributed by atoms with van der Waals surface area (Å²) in [6.45, 7) is 1.32. The summed E-state index contributed by atoms with van der Waals surface area (Å²) in [5.41, 5.74) is 3.76. The second kappa shape index (κ2) is 9.19. The predicted octanol–water partition coefficient (Wildman–Crippen LogP) is 4.50. The van der Waals surface area contributed by atoms with Crippen LogP contribution in [0.25, 0.3) is 0 Å². The van der Waals surface area contributed by atoms with Crippen molar-refractivity contribution in [3.63, 3.8) is 0 Å². The maximum absolute atomic E-state index is 13.4. The van der Waals surface area contributed by atoms with Crippen LogP contribution in [0.4, 0.5) is 4.79 Å². The van der Waals surface area contributed by atoms with Crippen molar-refractivity contribution in [1.29, 1.82) is 0 Å². The number of nitrogens with zero attached hydrogens (tertiary/aromatic N) is 1. The first-order valence-electron chi connectivity index (χ1n) is 11.7. The van der Waals surface area contributed by atoms with E-state index in [2.05, 4.69) is 10.6 Å². The summed E-state index contributed by atoms with van der Waals surface area (Å²) in [7, 11) is 0. The first-order chi connectivity index (χ1) is 16.8. The van der Waals surface area contributed by atoms with Gasteiger partial charge in [-0.05, 0) is 66.1 Å². The van der Waals surface area contributed by atoms with E-state index in [-0.39, 0.29) is 6.54 Å².